The Labute approximate surface area is 137 Å². The maximum absolute atomic E-state index is 12.0. The standard InChI is InChI=1S/C15H28N2O6/c1-7-22-12(18)8-11(9-17(20)21)13(10(2)3)16-14(19)23-15(4,5)6/h10-11,13H,7-9H2,1-6H3,(H,16,19)/t11-,13-/m0/s1. The first-order valence-electron chi connectivity index (χ1n) is 7.73. The highest BCUT2D eigenvalue weighted by Gasteiger charge is 2.33. The van der Waals surface area contributed by atoms with E-state index in [-0.39, 0.29) is 18.9 Å². The van der Waals surface area contributed by atoms with Gasteiger partial charge < -0.3 is 14.8 Å². The topological polar surface area (TPSA) is 108 Å². The number of esters is 1. The molecule has 23 heavy (non-hydrogen) atoms. The van der Waals surface area contributed by atoms with Crippen LogP contribution in [0.15, 0.2) is 0 Å². The minimum absolute atomic E-state index is 0.109. The van der Waals surface area contributed by atoms with Crippen LogP contribution in [0.1, 0.15) is 48.0 Å². The molecule has 0 aromatic rings. The lowest BCUT2D eigenvalue weighted by Gasteiger charge is -2.29. The van der Waals surface area contributed by atoms with Crippen LogP contribution in [0.5, 0.6) is 0 Å². The molecule has 1 amide bonds. The summed E-state index contributed by atoms with van der Waals surface area (Å²) >= 11 is 0. The number of nitrogens with one attached hydrogen (secondary N) is 1. The van der Waals surface area contributed by atoms with E-state index >= 15 is 0 Å². The van der Waals surface area contributed by atoms with Crippen LogP contribution in [0.2, 0.25) is 0 Å². The molecule has 8 nitrogen and oxygen atoms in total. The molecule has 0 bridgehead atoms. The second-order valence-corrected chi connectivity index (χ2v) is 6.70. The van der Waals surface area contributed by atoms with Gasteiger partial charge >= 0.3 is 12.1 Å². The molecule has 2 atom stereocenters. The van der Waals surface area contributed by atoms with Crippen molar-refractivity contribution in [3.63, 3.8) is 0 Å². The Balaban J connectivity index is 5.09. The minimum Gasteiger partial charge on any atom is -0.466 e. The molecule has 134 valence electrons. The summed E-state index contributed by atoms with van der Waals surface area (Å²) in [6.07, 6.45) is -0.790. The summed E-state index contributed by atoms with van der Waals surface area (Å²) < 4.78 is 10.1. The Morgan fingerprint density at radius 1 is 1.26 bits per heavy atom. The lowest BCUT2D eigenvalue weighted by molar-refractivity contribution is -0.489. The predicted octanol–water partition coefficient (Wildman–Crippen LogP) is 2.38. The molecule has 0 radical (unpaired) electrons. The molecule has 0 aliphatic rings. The normalized spacial score (nSPS) is 14.0. The molecule has 0 saturated carbocycles. The lowest BCUT2D eigenvalue weighted by Crippen LogP contribution is -2.48. The fourth-order valence-corrected chi connectivity index (χ4v) is 2.20. The molecule has 0 aromatic heterocycles. The molecule has 0 aromatic carbocycles. The van der Waals surface area contributed by atoms with Crippen molar-refractivity contribution < 1.29 is 24.0 Å². The predicted molar refractivity (Wildman–Crippen MR) is 84.6 cm³/mol. The van der Waals surface area contributed by atoms with Crippen molar-refractivity contribution in [2.75, 3.05) is 13.2 Å². The summed E-state index contributed by atoms with van der Waals surface area (Å²) in [5.74, 6) is -1.30. The van der Waals surface area contributed by atoms with Crippen LogP contribution >= 0.6 is 0 Å². The summed E-state index contributed by atoms with van der Waals surface area (Å²) in [6, 6.07) is -0.570. The number of carbonyl (C=O) groups is 2. The van der Waals surface area contributed by atoms with Crippen LogP contribution < -0.4 is 5.32 Å². The third-order valence-electron chi connectivity index (χ3n) is 3.03. The highest BCUT2D eigenvalue weighted by atomic mass is 16.6. The summed E-state index contributed by atoms with van der Waals surface area (Å²) in [7, 11) is 0. The van der Waals surface area contributed by atoms with Crippen molar-refractivity contribution in [1.82, 2.24) is 5.32 Å². The maximum atomic E-state index is 12.0. The van der Waals surface area contributed by atoms with Gasteiger partial charge in [-0.25, -0.2) is 4.79 Å². The molecule has 0 unspecified atom stereocenters. The van der Waals surface area contributed by atoms with Gasteiger partial charge in [0.1, 0.15) is 5.60 Å². The SMILES string of the molecule is CCOC(=O)C[C@@H](C[N+](=O)[O-])[C@@H](NC(=O)OC(C)(C)C)C(C)C. The van der Waals surface area contributed by atoms with Crippen molar-refractivity contribution >= 4 is 12.1 Å². The molecule has 0 aliphatic carbocycles. The smallest absolute Gasteiger partial charge is 0.407 e. The van der Waals surface area contributed by atoms with Crippen LogP contribution in [0.25, 0.3) is 0 Å². The van der Waals surface area contributed by atoms with Gasteiger partial charge in [-0.15, -0.1) is 0 Å². The quantitative estimate of drug-likeness (QED) is 0.415. The van der Waals surface area contributed by atoms with Gasteiger partial charge in [-0.1, -0.05) is 13.8 Å². The Hall–Kier alpha value is -1.86. The van der Waals surface area contributed by atoms with Crippen LogP contribution in [0, 0.1) is 22.0 Å². The van der Waals surface area contributed by atoms with E-state index in [2.05, 4.69) is 5.32 Å². The fourth-order valence-electron chi connectivity index (χ4n) is 2.20. The number of hydrogen-bond acceptors (Lipinski definition) is 6. The van der Waals surface area contributed by atoms with Gasteiger partial charge in [0, 0.05) is 11.0 Å². The van der Waals surface area contributed by atoms with Gasteiger partial charge in [-0.3, -0.25) is 14.9 Å². The Morgan fingerprint density at radius 3 is 2.22 bits per heavy atom. The van der Waals surface area contributed by atoms with E-state index in [4.69, 9.17) is 9.47 Å². The first-order valence-corrected chi connectivity index (χ1v) is 7.73. The Kier molecular flexibility index (Phi) is 8.56. The first kappa shape index (κ1) is 21.1. The molecule has 0 fully saturated rings. The zero-order valence-electron chi connectivity index (χ0n) is 14.8. The number of hydrogen-bond donors (Lipinski definition) is 1. The van der Waals surface area contributed by atoms with Crippen LogP contribution in [-0.4, -0.2) is 41.8 Å². The average molecular weight is 332 g/mol. The highest BCUT2D eigenvalue weighted by molar-refractivity contribution is 5.70. The number of amides is 1. The monoisotopic (exact) mass is 332 g/mol. The molecule has 0 rings (SSSR count). The van der Waals surface area contributed by atoms with Crippen LogP contribution in [0.4, 0.5) is 4.79 Å². The fraction of sp³-hybridized carbons (Fsp3) is 0.867. The molecule has 0 aliphatic heterocycles. The third-order valence-corrected chi connectivity index (χ3v) is 3.03. The van der Waals surface area contributed by atoms with Crippen molar-refractivity contribution in [2.24, 2.45) is 11.8 Å². The molecule has 8 heteroatoms. The van der Waals surface area contributed by atoms with Gasteiger partial charge in [0.25, 0.3) is 0 Å². The third kappa shape index (κ3) is 9.70. The minimum atomic E-state index is -0.675. The van der Waals surface area contributed by atoms with E-state index in [1.165, 1.54) is 0 Å². The van der Waals surface area contributed by atoms with Gasteiger partial charge in [-0.05, 0) is 33.6 Å². The molecule has 1 N–H and O–H groups in total. The van der Waals surface area contributed by atoms with Crippen molar-refractivity contribution in [3.05, 3.63) is 10.1 Å². The first-order chi connectivity index (χ1) is 10.5. The summed E-state index contributed by atoms with van der Waals surface area (Å²) in [4.78, 5) is 34.1. The molecule has 0 heterocycles. The molecule has 0 saturated heterocycles. The number of alkyl carbamates (subject to hydrolysis) is 1. The van der Waals surface area contributed by atoms with Gasteiger partial charge in [-0.2, -0.15) is 0 Å². The van der Waals surface area contributed by atoms with Crippen molar-refractivity contribution in [2.45, 2.75) is 59.6 Å². The van der Waals surface area contributed by atoms with E-state index in [1.54, 1.807) is 27.7 Å². The second kappa shape index (κ2) is 9.32. The largest absolute Gasteiger partial charge is 0.466 e. The van der Waals surface area contributed by atoms with Crippen molar-refractivity contribution in [1.29, 1.82) is 0 Å². The maximum Gasteiger partial charge on any atom is 0.407 e. The zero-order chi connectivity index (χ0) is 18.2. The average Bonchev–Trinajstić information content (AvgIpc) is 2.32. The highest BCUT2D eigenvalue weighted by Crippen LogP contribution is 2.19. The van der Waals surface area contributed by atoms with E-state index < -0.39 is 41.1 Å². The summed E-state index contributed by atoms with van der Waals surface area (Å²) in [5, 5.41) is 13.6. The Morgan fingerprint density at radius 2 is 1.83 bits per heavy atom. The molecular formula is C15H28N2O6. The number of ether oxygens (including phenoxy) is 2. The lowest BCUT2D eigenvalue weighted by atomic mass is 9.88. The summed E-state index contributed by atoms with van der Waals surface area (Å²) in [5.41, 5.74) is -0.675. The number of carbonyl (C=O) groups excluding carboxylic acids is 2. The van der Waals surface area contributed by atoms with Gasteiger partial charge in [0.15, 0.2) is 0 Å². The van der Waals surface area contributed by atoms with E-state index in [1.807, 2.05) is 13.8 Å². The molecular weight excluding hydrogens is 304 g/mol. The van der Waals surface area contributed by atoms with Crippen LogP contribution in [0.3, 0.4) is 0 Å². The van der Waals surface area contributed by atoms with E-state index in [0.29, 0.717) is 0 Å². The second-order valence-electron chi connectivity index (χ2n) is 6.70. The van der Waals surface area contributed by atoms with Gasteiger partial charge in [0.05, 0.1) is 18.9 Å². The van der Waals surface area contributed by atoms with E-state index in [9.17, 15) is 19.7 Å². The number of nitrogens with zero attached hydrogens (tertiary/aromatic N) is 1. The van der Waals surface area contributed by atoms with E-state index in [0.717, 1.165) is 0 Å². The van der Waals surface area contributed by atoms with Gasteiger partial charge in [0.2, 0.25) is 6.54 Å². The number of nitro groups is 1. The Bertz CT molecular complexity index is 417. The van der Waals surface area contributed by atoms with Crippen molar-refractivity contribution in [3.8, 4) is 0 Å². The summed E-state index contributed by atoms with van der Waals surface area (Å²) in [6.45, 7) is 10.3. The molecule has 0 spiro atoms. The number of rotatable bonds is 8. The zero-order valence-corrected chi connectivity index (χ0v) is 14.8. The van der Waals surface area contributed by atoms with Crippen LogP contribution in [-0.2, 0) is 14.3 Å².